The second-order valence-electron chi connectivity index (χ2n) is 4.57. The number of aromatic hydroxyl groups is 1. The van der Waals surface area contributed by atoms with Gasteiger partial charge in [-0.25, -0.2) is 0 Å². The molecule has 0 bridgehead atoms. The van der Waals surface area contributed by atoms with E-state index in [1.54, 1.807) is 30.4 Å². The number of phenols is 1. The molecule has 0 radical (unpaired) electrons. The normalized spacial score (nSPS) is 11.3. The monoisotopic (exact) mass is 274 g/mol. The van der Waals surface area contributed by atoms with E-state index in [-0.39, 0.29) is 11.5 Å². The van der Waals surface area contributed by atoms with Crippen LogP contribution in [0.3, 0.4) is 0 Å². The maximum Gasteiger partial charge on any atom is 0.178 e. The zero-order valence-corrected chi connectivity index (χ0v) is 12.1. The van der Waals surface area contributed by atoms with Gasteiger partial charge in [0.05, 0.1) is 7.11 Å². The summed E-state index contributed by atoms with van der Waals surface area (Å²) in [7, 11) is 1.49. The molecule has 0 aromatic heterocycles. The first kappa shape index (κ1) is 16.0. The van der Waals surface area contributed by atoms with E-state index in [0.29, 0.717) is 5.75 Å². The number of allylic oxidation sites excluding steroid dienone is 3. The number of carbonyl (C=O) groups is 1. The third-order valence-corrected chi connectivity index (χ3v) is 2.90. The minimum absolute atomic E-state index is 0.0338. The number of rotatable bonds is 8. The van der Waals surface area contributed by atoms with E-state index >= 15 is 0 Å². The van der Waals surface area contributed by atoms with E-state index < -0.39 is 0 Å². The summed E-state index contributed by atoms with van der Waals surface area (Å²) in [6.07, 6.45) is 11.2. The number of benzene rings is 1. The van der Waals surface area contributed by atoms with Gasteiger partial charge in [0, 0.05) is 0 Å². The molecule has 0 unspecified atom stereocenters. The topological polar surface area (TPSA) is 46.5 Å². The van der Waals surface area contributed by atoms with Gasteiger partial charge in [-0.3, -0.25) is 4.79 Å². The van der Waals surface area contributed by atoms with Crippen molar-refractivity contribution in [2.75, 3.05) is 7.11 Å². The van der Waals surface area contributed by atoms with Gasteiger partial charge in [-0.15, -0.1) is 0 Å². The minimum Gasteiger partial charge on any atom is -0.504 e. The average Bonchev–Trinajstić information content (AvgIpc) is 2.46. The molecule has 1 aromatic rings. The molecule has 0 saturated carbocycles. The number of unbranched alkanes of at least 4 members (excludes halogenated alkanes) is 3. The van der Waals surface area contributed by atoms with E-state index in [4.69, 9.17) is 4.74 Å². The molecule has 108 valence electrons. The van der Waals surface area contributed by atoms with Gasteiger partial charge in [0.2, 0.25) is 0 Å². The van der Waals surface area contributed by atoms with E-state index in [1.165, 1.54) is 26.0 Å². The molecule has 0 spiro atoms. The molecule has 20 heavy (non-hydrogen) atoms. The SMILES string of the molecule is CCCCCC=CC(=O)C=Cc1ccc(O)c(OC)c1. The van der Waals surface area contributed by atoms with Crippen LogP contribution in [0.1, 0.15) is 38.2 Å². The van der Waals surface area contributed by atoms with Crippen molar-refractivity contribution in [1.82, 2.24) is 0 Å². The summed E-state index contributed by atoms with van der Waals surface area (Å²) >= 11 is 0. The van der Waals surface area contributed by atoms with Gasteiger partial charge in [0.25, 0.3) is 0 Å². The lowest BCUT2D eigenvalue weighted by Gasteiger charge is -2.03. The highest BCUT2D eigenvalue weighted by Crippen LogP contribution is 2.26. The number of hydrogen-bond donors (Lipinski definition) is 1. The van der Waals surface area contributed by atoms with Gasteiger partial charge in [0.1, 0.15) is 0 Å². The van der Waals surface area contributed by atoms with E-state index in [2.05, 4.69) is 6.92 Å². The minimum atomic E-state index is -0.0338. The zero-order valence-electron chi connectivity index (χ0n) is 12.1. The Bertz CT molecular complexity index is 487. The summed E-state index contributed by atoms with van der Waals surface area (Å²) in [5, 5.41) is 9.47. The van der Waals surface area contributed by atoms with Crippen molar-refractivity contribution in [3.05, 3.63) is 42.0 Å². The maximum atomic E-state index is 11.6. The Kier molecular flexibility index (Phi) is 7.18. The summed E-state index contributed by atoms with van der Waals surface area (Å²) in [5.41, 5.74) is 0.812. The molecular formula is C17H22O3. The van der Waals surface area contributed by atoms with Gasteiger partial charge < -0.3 is 9.84 Å². The summed E-state index contributed by atoms with van der Waals surface area (Å²) < 4.78 is 5.01. The predicted octanol–water partition coefficient (Wildman–Crippen LogP) is 4.12. The largest absolute Gasteiger partial charge is 0.504 e. The highest BCUT2D eigenvalue weighted by molar-refractivity contribution is 6.01. The van der Waals surface area contributed by atoms with E-state index in [9.17, 15) is 9.90 Å². The summed E-state index contributed by atoms with van der Waals surface area (Å²) in [6, 6.07) is 4.96. The average molecular weight is 274 g/mol. The Labute approximate surface area is 120 Å². The van der Waals surface area contributed by atoms with Gasteiger partial charge in [-0.2, -0.15) is 0 Å². The fourth-order valence-electron chi connectivity index (χ4n) is 1.74. The molecule has 0 aliphatic carbocycles. The second kappa shape index (κ2) is 8.97. The van der Waals surface area contributed by atoms with Crippen molar-refractivity contribution >= 4 is 11.9 Å². The number of ether oxygens (including phenoxy) is 1. The van der Waals surface area contributed by atoms with E-state index in [1.807, 2.05) is 6.08 Å². The van der Waals surface area contributed by atoms with Crippen molar-refractivity contribution in [1.29, 1.82) is 0 Å². The number of carbonyl (C=O) groups excluding carboxylic acids is 1. The number of phenolic OH excluding ortho intramolecular Hbond substituents is 1. The smallest absolute Gasteiger partial charge is 0.178 e. The van der Waals surface area contributed by atoms with Crippen LogP contribution in [-0.4, -0.2) is 18.0 Å². The molecule has 3 nitrogen and oxygen atoms in total. The first-order chi connectivity index (χ1) is 9.67. The van der Waals surface area contributed by atoms with Crippen LogP contribution in [0.4, 0.5) is 0 Å². The Morgan fingerprint density at radius 3 is 2.80 bits per heavy atom. The highest BCUT2D eigenvalue weighted by atomic mass is 16.5. The third kappa shape index (κ3) is 5.74. The molecule has 1 rings (SSSR count). The Hall–Kier alpha value is -2.03. The number of ketones is 1. The third-order valence-electron chi connectivity index (χ3n) is 2.90. The molecular weight excluding hydrogens is 252 g/mol. The van der Waals surface area contributed by atoms with Crippen molar-refractivity contribution in [2.45, 2.75) is 32.6 Å². The van der Waals surface area contributed by atoms with Crippen LogP contribution in [0.25, 0.3) is 6.08 Å². The molecule has 1 aromatic carbocycles. The van der Waals surface area contributed by atoms with Gasteiger partial charge >= 0.3 is 0 Å². The van der Waals surface area contributed by atoms with Crippen molar-refractivity contribution in [2.24, 2.45) is 0 Å². The molecule has 0 saturated heterocycles. The Balaban J connectivity index is 2.52. The lowest BCUT2D eigenvalue weighted by molar-refractivity contribution is -0.110. The molecule has 0 atom stereocenters. The molecule has 0 heterocycles. The van der Waals surface area contributed by atoms with Crippen molar-refractivity contribution in [3.8, 4) is 11.5 Å². The lowest BCUT2D eigenvalue weighted by Crippen LogP contribution is -1.87. The molecule has 0 fully saturated rings. The predicted molar refractivity (Wildman–Crippen MR) is 82.0 cm³/mol. The van der Waals surface area contributed by atoms with Crippen LogP contribution in [0, 0.1) is 0 Å². The van der Waals surface area contributed by atoms with Gasteiger partial charge in [-0.05, 0) is 42.7 Å². The molecule has 0 amide bonds. The van der Waals surface area contributed by atoms with Crippen LogP contribution in [0.5, 0.6) is 11.5 Å². The van der Waals surface area contributed by atoms with Crippen molar-refractivity contribution in [3.63, 3.8) is 0 Å². The van der Waals surface area contributed by atoms with E-state index in [0.717, 1.165) is 18.4 Å². The van der Waals surface area contributed by atoms with Crippen molar-refractivity contribution < 1.29 is 14.6 Å². The van der Waals surface area contributed by atoms with Crippen LogP contribution in [-0.2, 0) is 4.79 Å². The fraction of sp³-hybridized carbons (Fsp3) is 0.353. The van der Waals surface area contributed by atoms with Crippen LogP contribution in [0.15, 0.2) is 36.4 Å². The lowest BCUT2D eigenvalue weighted by atomic mass is 10.1. The molecule has 1 N–H and O–H groups in total. The first-order valence-corrected chi connectivity index (χ1v) is 6.93. The highest BCUT2D eigenvalue weighted by Gasteiger charge is 2.00. The molecule has 0 aliphatic rings. The van der Waals surface area contributed by atoms with Crippen LogP contribution in [0.2, 0.25) is 0 Å². The Morgan fingerprint density at radius 1 is 1.30 bits per heavy atom. The zero-order chi connectivity index (χ0) is 14.8. The summed E-state index contributed by atoms with van der Waals surface area (Å²) in [5.74, 6) is 0.454. The Morgan fingerprint density at radius 2 is 2.10 bits per heavy atom. The van der Waals surface area contributed by atoms with Gasteiger partial charge in [-0.1, -0.05) is 38.0 Å². The fourth-order valence-corrected chi connectivity index (χ4v) is 1.74. The number of hydrogen-bond acceptors (Lipinski definition) is 3. The maximum absolute atomic E-state index is 11.6. The molecule has 3 heteroatoms. The summed E-state index contributed by atoms with van der Waals surface area (Å²) in [6.45, 7) is 2.16. The second-order valence-corrected chi connectivity index (χ2v) is 4.57. The quantitative estimate of drug-likeness (QED) is 0.573. The standard InChI is InChI=1S/C17H22O3/c1-3-4-5-6-7-8-15(18)11-9-14-10-12-16(19)17(13-14)20-2/h7-13,19H,3-6H2,1-2H3. The number of methoxy groups -OCH3 is 1. The first-order valence-electron chi connectivity index (χ1n) is 6.93. The van der Waals surface area contributed by atoms with Crippen LogP contribution < -0.4 is 4.74 Å². The summed E-state index contributed by atoms with van der Waals surface area (Å²) in [4.78, 5) is 11.6. The molecule has 0 aliphatic heterocycles. The van der Waals surface area contributed by atoms with Gasteiger partial charge in [0.15, 0.2) is 17.3 Å². The van der Waals surface area contributed by atoms with Crippen LogP contribution >= 0.6 is 0 Å².